The molecule has 0 radical (unpaired) electrons. The van der Waals surface area contributed by atoms with Crippen molar-refractivity contribution in [2.45, 2.75) is 68.8 Å². The molecule has 5 rings (SSSR count). The number of fused-ring (bicyclic) bond motifs is 2. The molecule has 3 aromatic rings. The molecule has 180 valence electrons. The van der Waals surface area contributed by atoms with E-state index in [2.05, 4.69) is 63.5 Å². The minimum atomic E-state index is 0.000776. The summed E-state index contributed by atoms with van der Waals surface area (Å²) < 4.78 is 7.88. The zero-order valence-corrected chi connectivity index (χ0v) is 20.3. The SMILES string of the molecule is O=C1NC2CS[C@@H](CCCCCc3cn(CCCCOc4ccc5ccccc5c4)nn3)C2N1. The number of nitrogens with zero attached hydrogens (tertiary/aromatic N) is 3. The second kappa shape index (κ2) is 11.1. The molecule has 2 aliphatic rings. The maximum absolute atomic E-state index is 11.5. The fourth-order valence-corrected chi connectivity index (χ4v) is 6.40. The van der Waals surface area contributed by atoms with Gasteiger partial charge in [0.05, 0.1) is 24.4 Å². The number of carbonyl (C=O) groups is 1. The summed E-state index contributed by atoms with van der Waals surface area (Å²) in [6, 6.07) is 15.2. The van der Waals surface area contributed by atoms with E-state index >= 15 is 0 Å². The number of aromatic nitrogens is 3. The Balaban J connectivity index is 0.936. The Kier molecular flexibility index (Phi) is 7.53. The number of carbonyl (C=O) groups excluding carboxylic acids is 1. The van der Waals surface area contributed by atoms with Gasteiger partial charge in [0.25, 0.3) is 0 Å². The van der Waals surface area contributed by atoms with Gasteiger partial charge in [-0.15, -0.1) is 5.10 Å². The molecule has 8 heteroatoms. The van der Waals surface area contributed by atoms with Gasteiger partial charge in [-0.05, 0) is 55.0 Å². The summed E-state index contributed by atoms with van der Waals surface area (Å²) >= 11 is 1.99. The van der Waals surface area contributed by atoms with Crippen LogP contribution in [-0.4, -0.2) is 50.7 Å². The first-order chi connectivity index (χ1) is 16.7. The van der Waals surface area contributed by atoms with Gasteiger partial charge < -0.3 is 15.4 Å². The lowest BCUT2D eigenvalue weighted by Gasteiger charge is -2.16. The van der Waals surface area contributed by atoms with Gasteiger partial charge in [-0.25, -0.2) is 4.79 Å². The monoisotopic (exact) mass is 479 g/mol. The summed E-state index contributed by atoms with van der Waals surface area (Å²) in [5, 5.41) is 17.7. The molecule has 7 nitrogen and oxygen atoms in total. The predicted molar refractivity (Wildman–Crippen MR) is 136 cm³/mol. The molecule has 0 saturated carbocycles. The second-order valence-corrected chi connectivity index (χ2v) is 10.5. The Bertz CT molecular complexity index is 1100. The molecule has 34 heavy (non-hydrogen) atoms. The van der Waals surface area contributed by atoms with Crippen molar-refractivity contribution in [1.82, 2.24) is 25.6 Å². The van der Waals surface area contributed by atoms with Crippen LogP contribution in [0.1, 0.15) is 44.2 Å². The number of aryl methyl sites for hydroxylation is 2. The van der Waals surface area contributed by atoms with E-state index in [1.807, 2.05) is 22.5 Å². The van der Waals surface area contributed by atoms with Crippen LogP contribution in [0.4, 0.5) is 4.79 Å². The number of nitrogens with one attached hydrogen (secondary N) is 2. The first-order valence-corrected chi connectivity index (χ1v) is 13.5. The number of hydrogen-bond donors (Lipinski definition) is 2. The molecule has 2 saturated heterocycles. The van der Waals surface area contributed by atoms with Crippen molar-refractivity contribution in [2.75, 3.05) is 12.4 Å². The third kappa shape index (κ3) is 5.84. The van der Waals surface area contributed by atoms with Crippen molar-refractivity contribution >= 4 is 28.6 Å². The number of thioether (sulfide) groups is 1. The lowest BCUT2D eigenvalue weighted by molar-refractivity contribution is 0.247. The standard InChI is InChI=1S/C26H33N5O2S/c32-26-27-23-18-34-24(25(23)28-26)11-3-1-2-10-21-17-31(30-29-21)14-6-7-15-33-22-13-12-19-8-4-5-9-20(19)16-22/h4-5,8-9,12-13,16-17,23-25H,1-3,6-7,10-11,14-15,18H2,(H2,27,28,32)/t23?,24-,25?/m0/s1. The van der Waals surface area contributed by atoms with Gasteiger partial charge in [-0.1, -0.05) is 48.4 Å². The van der Waals surface area contributed by atoms with Gasteiger partial charge in [-0.2, -0.15) is 11.8 Å². The van der Waals surface area contributed by atoms with Crippen LogP contribution in [0.2, 0.25) is 0 Å². The van der Waals surface area contributed by atoms with Gasteiger partial charge in [0.1, 0.15) is 5.75 Å². The van der Waals surface area contributed by atoms with Crippen LogP contribution >= 0.6 is 11.8 Å². The number of amides is 2. The Morgan fingerprint density at radius 3 is 2.88 bits per heavy atom. The highest BCUT2D eigenvalue weighted by atomic mass is 32.2. The minimum absolute atomic E-state index is 0.000776. The van der Waals surface area contributed by atoms with Crippen LogP contribution < -0.4 is 15.4 Å². The van der Waals surface area contributed by atoms with Crippen LogP contribution in [0.3, 0.4) is 0 Å². The summed E-state index contributed by atoms with van der Waals surface area (Å²) in [6.45, 7) is 1.58. The normalized spacial score (nSPS) is 21.4. The number of urea groups is 1. The smallest absolute Gasteiger partial charge is 0.315 e. The average Bonchev–Trinajstić information content (AvgIpc) is 3.55. The Labute approximate surface area is 205 Å². The molecule has 2 unspecified atom stereocenters. The number of hydrogen-bond acceptors (Lipinski definition) is 5. The molecule has 1 aromatic heterocycles. The summed E-state index contributed by atoms with van der Waals surface area (Å²) in [7, 11) is 0. The van der Waals surface area contributed by atoms with Gasteiger partial charge in [0.2, 0.25) is 0 Å². The van der Waals surface area contributed by atoms with Gasteiger partial charge in [0, 0.05) is 23.7 Å². The van der Waals surface area contributed by atoms with Crippen molar-refractivity contribution < 1.29 is 9.53 Å². The van der Waals surface area contributed by atoms with E-state index in [0.717, 1.165) is 49.4 Å². The van der Waals surface area contributed by atoms with Crippen molar-refractivity contribution in [3.63, 3.8) is 0 Å². The molecular formula is C26H33N5O2S. The van der Waals surface area contributed by atoms with Crippen molar-refractivity contribution in [1.29, 1.82) is 0 Å². The molecular weight excluding hydrogens is 446 g/mol. The predicted octanol–water partition coefficient (Wildman–Crippen LogP) is 4.56. The van der Waals surface area contributed by atoms with Gasteiger partial charge >= 0.3 is 6.03 Å². The van der Waals surface area contributed by atoms with Crippen LogP contribution in [0.25, 0.3) is 10.8 Å². The van der Waals surface area contributed by atoms with E-state index in [9.17, 15) is 4.79 Å². The van der Waals surface area contributed by atoms with E-state index in [0.29, 0.717) is 23.9 Å². The molecule has 0 bridgehead atoms. The fourth-order valence-electron chi connectivity index (χ4n) is 4.86. The average molecular weight is 480 g/mol. The maximum atomic E-state index is 11.5. The molecule has 2 aromatic carbocycles. The van der Waals surface area contributed by atoms with E-state index in [-0.39, 0.29) is 6.03 Å². The number of rotatable bonds is 12. The minimum Gasteiger partial charge on any atom is -0.494 e. The van der Waals surface area contributed by atoms with E-state index in [1.165, 1.54) is 30.0 Å². The highest BCUT2D eigenvalue weighted by Gasteiger charge is 2.42. The highest BCUT2D eigenvalue weighted by Crippen LogP contribution is 2.33. The number of unbranched alkanes of at least 4 members (excludes halogenated alkanes) is 3. The molecule has 2 fully saturated rings. The van der Waals surface area contributed by atoms with Crippen LogP contribution in [0.5, 0.6) is 5.75 Å². The van der Waals surface area contributed by atoms with E-state index < -0.39 is 0 Å². The van der Waals surface area contributed by atoms with Crippen LogP contribution in [0, 0.1) is 0 Å². The van der Waals surface area contributed by atoms with Crippen molar-refractivity contribution in [3.8, 4) is 5.75 Å². The van der Waals surface area contributed by atoms with E-state index in [4.69, 9.17) is 4.74 Å². The summed E-state index contributed by atoms with van der Waals surface area (Å²) in [5.74, 6) is 1.96. The highest BCUT2D eigenvalue weighted by molar-refractivity contribution is 8.00. The lowest BCUT2D eigenvalue weighted by atomic mass is 10.0. The Hall–Kier alpha value is -2.74. The fraction of sp³-hybridized carbons (Fsp3) is 0.500. The number of benzene rings is 2. The zero-order valence-electron chi connectivity index (χ0n) is 19.5. The molecule has 2 amide bonds. The summed E-state index contributed by atoms with van der Waals surface area (Å²) in [5.41, 5.74) is 1.08. The topological polar surface area (TPSA) is 81.1 Å². The lowest BCUT2D eigenvalue weighted by Crippen LogP contribution is -2.36. The van der Waals surface area contributed by atoms with E-state index in [1.54, 1.807) is 0 Å². The molecule has 0 spiro atoms. The third-order valence-electron chi connectivity index (χ3n) is 6.72. The quantitative estimate of drug-likeness (QED) is 0.294. The third-order valence-corrected chi connectivity index (χ3v) is 8.23. The second-order valence-electron chi connectivity index (χ2n) is 9.26. The molecule has 2 N–H and O–H groups in total. The summed E-state index contributed by atoms with van der Waals surface area (Å²) in [4.78, 5) is 11.5. The molecule has 2 aliphatic heterocycles. The van der Waals surface area contributed by atoms with Crippen molar-refractivity contribution in [2.24, 2.45) is 0 Å². The molecule has 0 aliphatic carbocycles. The van der Waals surface area contributed by atoms with Crippen LogP contribution in [-0.2, 0) is 13.0 Å². The molecule has 3 atom stereocenters. The summed E-state index contributed by atoms with van der Waals surface area (Å²) in [6.07, 6.45) is 9.75. The Morgan fingerprint density at radius 1 is 1.03 bits per heavy atom. The Morgan fingerprint density at radius 2 is 1.94 bits per heavy atom. The van der Waals surface area contributed by atoms with Gasteiger partial charge in [-0.3, -0.25) is 4.68 Å². The van der Waals surface area contributed by atoms with Crippen LogP contribution in [0.15, 0.2) is 48.7 Å². The largest absolute Gasteiger partial charge is 0.494 e. The first kappa shape index (κ1) is 23.0. The zero-order chi connectivity index (χ0) is 23.2. The first-order valence-electron chi connectivity index (χ1n) is 12.4. The maximum Gasteiger partial charge on any atom is 0.315 e. The molecule has 3 heterocycles. The van der Waals surface area contributed by atoms with Gasteiger partial charge in [0.15, 0.2) is 0 Å². The number of ether oxygens (including phenoxy) is 1. The van der Waals surface area contributed by atoms with Crippen molar-refractivity contribution in [3.05, 3.63) is 54.4 Å².